The zero-order chi connectivity index (χ0) is 18.7. The predicted molar refractivity (Wildman–Crippen MR) is 88.8 cm³/mol. The normalized spacial score (nSPS) is 20.2. The van der Waals surface area contributed by atoms with E-state index in [1.807, 2.05) is 13.8 Å². The van der Waals surface area contributed by atoms with Crippen LogP contribution in [0.3, 0.4) is 0 Å². The number of hydrogen-bond acceptors (Lipinski definition) is 3. The minimum Gasteiger partial charge on any atom is -0.387 e. The van der Waals surface area contributed by atoms with Gasteiger partial charge in [0.05, 0.1) is 11.7 Å². The number of benzene rings is 1. The van der Waals surface area contributed by atoms with Crippen molar-refractivity contribution in [1.29, 1.82) is 0 Å². The minimum absolute atomic E-state index is 0.121. The summed E-state index contributed by atoms with van der Waals surface area (Å²) in [5.74, 6) is -0.0147. The summed E-state index contributed by atoms with van der Waals surface area (Å²) in [6.07, 6.45) is -3.70. The van der Waals surface area contributed by atoms with E-state index in [4.69, 9.17) is 0 Å². The van der Waals surface area contributed by atoms with E-state index < -0.39 is 23.3 Å². The summed E-state index contributed by atoms with van der Waals surface area (Å²) in [5.41, 5.74) is -1.29. The summed E-state index contributed by atoms with van der Waals surface area (Å²) in [4.78, 5) is 12.5. The van der Waals surface area contributed by atoms with Crippen LogP contribution in [0.15, 0.2) is 24.3 Å². The lowest BCUT2D eigenvalue weighted by atomic mass is 9.74. The lowest BCUT2D eigenvalue weighted by molar-refractivity contribution is -0.137. The van der Waals surface area contributed by atoms with Crippen molar-refractivity contribution >= 4 is 5.91 Å². The molecular weight excluding hydrogens is 333 g/mol. The highest BCUT2D eigenvalue weighted by molar-refractivity contribution is 5.82. The van der Waals surface area contributed by atoms with Gasteiger partial charge in [0, 0.05) is 12.0 Å². The number of piperidine rings is 1. The van der Waals surface area contributed by atoms with Crippen LogP contribution in [0.2, 0.25) is 0 Å². The Morgan fingerprint density at radius 2 is 2.12 bits per heavy atom. The molecule has 1 amide bonds. The summed E-state index contributed by atoms with van der Waals surface area (Å²) in [6, 6.07) is 4.53. The Hall–Kier alpha value is -1.60. The van der Waals surface area contributed by atoms with Crippen LogP contribution in [0.1, 0.15) is 43.9 Å². The van der Waals surface area contributed by atoms with Crippen molar-refractivity contribution < 1.29 is 23.1 Å². The van der Waals surface area contributed by atoms with Crippen LogP contribution in [-0.4, -0.2) is 30.6 Å². The van der Waals surface area contributed by atoms with Crippen LogP contribution in [0.25, 0.3) is 0 Å². The molecule has 2 unspecified atom stereocenters. The Morgan fingerprint density at radius 3 is 2.72 bits per heavy atom. The fourth-order valence-corrected chi connectivity index (χ4v) is 3.11. The molecule has 0 saturated carbocycles. The third-order valence-electron chi connectivity index (χ3n) is 4.96. The molecule has 0 radical (unpaired) electrons. The maximum absolute atomic E-state index is 12.8. The SMILES string of the molecule is CC(C)(C(=O)NCC(O)c1cccc(C(F)(F)F)c1)C1CCCNC1. The number of halogens is 3. The van der Waals surface area contributed by atoms with Gasteiger partial charge in [0.15, 0.2) is 0 Å². The molecule has 1 aromatic rings. The summed E-state index contributed by atoms with van der Waals surface area (Å²) < 4.78 is 38.3. The molecule has 25 heavy (non-hydrogen) atoms. The number of nitrogens with one attached hydrogen (secondary N) is 2. The number of amides is 1. The Morgan fingerprint density at radius 1 is 1.40 bits per heavy atom. The zero-order valence-corrected chi connectivity index (χ0v) is 14.5. The van der Waals surface area contributed by atoms with Crippen LogP contribution in [-0.2, 0) is 11.0 Å². The van der Waals surface area contributed by atoms with Gasteiger partial charge >= 0.3 is 6.18 Å². The monoisotopic (exact) mass is 358 g/mol. The maximum Gasteiger partial charge on any atom is 0.416 e. The average Bonchev–Trinajstić information content (AvgIpc) is 2.59. The highest BCUT2D eigenvalue weighted by atomic mass is 19.4. The van der Waals surface area contributed by atoms with Gasteiger partial charge in [-0.1, -0.05) is 26.0 Å². The van der Waals surface area contributed by atoms with E-state index >= 15 is 0 Å². The Balaban J connectivity index is 1.97. The number of carbonyl (C=O) groups is 1. The van der Waals surface area contributed by atoms with Gasteiger partial charge in [-0.3, -0.25) is 4.79 Å². The third kappa shape index (κ3) is 4.95. The molecule has 1 heterocycles. The summed E-state index contributed by atoms with van der Waals surface area (Å²) in [6.45, 7) is 5.30. The number of hydrogen-bond donors (Lipinski definition) is 3. The first-order chi connectivity index (χ1) is 11.6. The van der Waals surface area contributed by atoms with Crippen LogP contribution >= 0.6 is 0 Å². The van der Waals surface area contributed by atoms with E-state index in [-0.39, 0.29) is 23.9 Å². The van der Waals surface area contributed by atoms with Crippen molar-refractivity contribution in [1.82, 2.24) is 10.6 Å². The molecule has 4 nitrogen and oxygen atoms in total. The van der Waals surface area contributed by atoms with E-state index in [1.165, 1.54) is 12.1 Å². The molecule has 1 saturated heterocycles. The molecule has 3 N–H and O–H groups in total. The van der Waals surface area contributed by atoms with E-state index in [9.17, 15) is 23.1 Å². The molecule has 1 aromatic carbocycles. The first-order valence-corrected chi connectivity index (χ1v) is 8.46. The molecule has 1 fully saturated rings. The quantitative estimate of drug-likeness (QED) is 0.759. The Kier molecular flexibility index (Phi) is 6.11. The van der Waals surface area contributed by atoms with Crippen molar-refractivity contribution in [2.45, 2.75) is 39.0 Å². The van der Waals surface area contributed by atoms with E-state index in [2.05, 4.69) is 10.6 Å². The van der Waals surface area contributed by atoms with Crippen molar-refractivity contribution in [2.75, 3.05) is 19.6 Å². The molecule has 0 bridgehead atoms. The second-order valence-electron chi connectivity index (χ2n) is 7.11. The van der Waals surface area contributed by atoms with Crippen LogP contribution < -0.4 is 10.6 Å². The van der Waals surface area contributed by atoms with Gasteiger partial charge in [-0.15, -0.1) is 0 Å². The second-order valence-corrected chi connectivity index (χ2v) is 7.11. The molecule has 7 heteroatoms. The second kappa shape index (κ2) is 7.74. The topological polar surface area (TPSA) is 61.4 Å². The van der Waals surface area contributed by atoms with E-state index in [0.29, 0.717) is 0 Å². The van der Waals surface area contributed by atoms with Crippen LogP contribution in [0.5, 0.6) is 0 Å². The lowest BCUT2D eigenvalue weighted by Gasteiger charge is -2.36. The highest BCUT2D eigenvalue weighted by Gasteiger charge is 2.37. The van der Waals surface area contributed by atoms with Crippen molar-refractivity contribution in [2.24, 2.45) is 11.3 Å². The van der Waals surface area contributed by atoms with Crippen molar-refractivity contribution in [3.05, 3.63) is 35.4 Å². The molecular formula is C18H25F3N2O2. The fraction of sp³-hybridized carbons (Fsp3) is 0.611. The molecule has 1 aliphatic rings. The molecule has 2 atom stereocenters. The summed E-state index contributed by atoms with van der Waals surface area (Å²) >= 11 is 0. The van der Waals surface area contributed by atoms with Gasteiger partial charge < -0.3 is 15.7 Å². The third-order valence-corrected chi connectivity index (χ3v) is 4.96. The van der Waals surface area contributed by atoms with Gasteiger partial charge in [-0.25, -0.2) is 0 Å². The van der Waals surface area contributed by atoms with Gasteiger partial charge in [-0.05, 0) is 49.5 Å². The number of alkyl halides is 3. The number of aliphatic hydroxyl groups is 1. The Bertz CT molecular complexity index is 596. The highest BCUT2D eigenvalue weighted by Crippen LogP contribution is 2.33. The smallest absolute Gasteiger partial charge is 0.387 e. The molecule has 2 rings (SSSR count). The molecule has 140 valence electrons. The van der Waals surface area contributed by atoms with Gasteiger partial charge in [0.2, 0.25) is 5.91 Å². The molecule has 1 aliphatic heterocycles. The Labute approximate surface area is 145 Å². The number of aliphatic hydroxyl groups excluding tert-OH is 1. The average molecular weight is 358 g/mol. The summed E-state index contributed by atoms with van der Waals surface area (Å²) in [7, 11) is 0. The van der Waals surface area contributed by atoms with Crippen molar-refractivity contribution in [3.63, 3.8) is 0 Å². The minimum atomic E-state index is -4.46. The largest absolute Gasteiger partial charge is 0.416 e. The van der Waals surface area contributed by atoms with Gasteiger partial charge in [-0.2, -0.15) is 13.2 Å². The van der Waals surface area contributed by atoms with Gasteiger partial charge in [0.25, 0.3) is 0 Å². The lowest BCUT2D eigenvalue weighted by Crippen LogP contribution is -2.48. The molecule has 0 aromatic heterocycles. The first-order valence-electron chi connectivity index (χ1n) is 8.46. The van der Waals surface area contributed by atoms with E-state index in [0.717, 1.165) is 38.1 Å². The van der Waals surface area contributed by atoms with E-state index in [1.54, 1.807) is 0 Å². The summed E-state index contributed by atoms with van der Waals surface area (Å²) in [5, 5.41) is 16.1. The zero-order valence-electron chi connectivity index (χ0n) is 14.5. The van der Waals surface area contributed by atoms with Gasteiger partial charge in [0.1, 0.15) is 0 Å². The maximum atomic E-state index is 12.8. The van der Waals surface area contributed by atoms with Crippen molar-refractivity contribution in [3.8, 4) is 0 Å². The molecule has 0 spiro atoms. The first kappa shape index (κ1) is 19.7. The van der Waals surface area contributed by atoms with Crippen LogP contribution in [0, 0.1) is 11.3 Å². The molecule has 0 aliphatic carbocycles. The number of rotatable bonds is 5. The van der Waals surface area contributed by atoms with Crippen LogP contribution in [0.4, 0.5) is 13.2 Å². The standard InChI is InChI=1S/C18H25F3N2O2/c1-17(2,14-7-4-8-22-10-14)16(25)23-11-15(24)12-5-3-6-13(9-12)18(19,20)21/h3,5-6,9,14-15,22,24H,4,7-8,10-11H2,1-2H3,(H,23,25). The predicted octanol–water partition coefficient (Wildman–Crippen LogP) is 2.88. The fourth-order valence-electron chi connectivity index (χ4n) is 3.11. The number of carbonyl (C=O) groups excluding carboxylic acids is 1.